The number of fused-ring (bicyclic) bond motifs is 1. The van der Waals surface area contributed by atoms with Crippen LogP contribution in [0.25, 0.3) is 0 Å². The van der Waals surface area contributed by atoms with Gasteiger partial charge in [0.15, 0.2) is 0 Å². The van der Waals surface area contributed by atoms with Gasteiger partial charge in [-0.05, 0) is 55.2 Å². The Kier molecular flexibility index (Phi) is 3.95. The molecule has 138 valence electrons. The molecule has 1 heterocycles. The molecule has 0 radical (unpaired) electrons. The summed E-state index contributed by atoms with van der Waals surface area (Å²) < 4.78 is 18.8. The summed E-state index contributed by atoms with van der Waals surface area (Å²) in [5, 5.41) is 0.510. The molecule has 1 saturated carbocycles. The summed E-state index contributed by atoms with van der Waals surface area (Å²) >= 11 is 0. The highest BCUT2D eigenvalue weighted by molar-refractivity contribution is 6.20. The van der Waals surface area contributed by atoms with E-state index in [1.807, 2.05) is 0 Å². The molecule has 0 spiro atoms. The van der Waals surface area contributed by atoms with E-state index in [9.17, 15) is 18.8 Å². The van der Waals surface area contributed by atoms with Gasteiger partial charge >= 0.3 is 5.97 Å². The van der Waals surface area contributed by atoms with Crippen molar-refractivity contribution in [2.75, 3.05) is 7.11 Å². The van der Waals surface area contributed by atoms with Crippen LogP contribution >= 0.6 is 0 Å². The predicted molar refractivity (Wildman–Crippen MR) is 91.4 cm³/mol. The van der Waals surface area contributed by atoms with Crippen molar-refractivity contribution in [3.05, 3.63) is 65.0 Å². The Morgan fingerprint density at radius 2 is 1.74 bits per heavy atom. The van der Waals surface area contributed by atoms with Gasteiger partial charge in [-0.25, -0.2) is 9.18 Å². The molecule has 7 heteroatoms. The number of carbonyl (C=O) groups is 3. The number of halogens is 1. The van der Waals surface area contributed by atoms with E-state index in [-0.39, 0.29) is 17.5 Å². The first-order chi connectivity index (χ1) is 12.9. The number of hydroxylamine groups is 2. The van der Waals surface area contributed by atoms with Crippen LogP contribution in [0, 0.1) is 11.2 Å². The lowest BCUT2D eigenvalue weighted by Gasteiger charge is -2.19. The van der Waals surface area contributed by atoms with Gasteiger partial charge in [0.05, 0.1) is 23.7 Å². The van der Waals surface area contributed by atoms with E-state index in [0.717, 1.165) is 0 Å². The van der Waals surface area contributed by atoms with Crippen LogP contribution in [0.4, 0.5) is 4.39 Å². The Balaban J connectivity index is 1.53. The minimum Gasteiger partial charge on any atom is -0.496 e. The second-order valence-electron chi connectivity index (χ2n) is 6.74. The first-order valence-corrected chi connectivity index (χ1v) is 8.48. The first kappa shape index (κ1) is 17.2. The zero-order chi connectivity index (χ0) is 19.2. The van der Waals surface area contributed by atoms with Gasteiger partial charge in [-0.1, -0.05) is 17.2 Å². The molecule has 2 aliphatic rings. The van der Waals surface area contributed by atoms with E-state index in [0.29, 0.717) is 29.2 Å². The third kappa shape index (κ3) is 2.85. The molecule has 27 heavy (non-hydrogen) atoms. The number of rotatable bonds is 5. The van der Waals surface area contributed by atoms with Gasteiger partial charge < -0.3 is 9.57 Å². The first-order valence-electron chi connectivity index (χ1n) is 8.48. The van der Waals surface area contributed by atoms with Crippen molar-refractivity contribution < 1.29 is 28.3 Å². The number of carbonyl (C=O) groups excluding carboxylic acids is 3. The highest BCUT2D eigenvalue weighted by Gasteiger charge is 2.54. The second-order valence-corrected chi connectivity index (χ2v) is 6.74. The molecule has 0 saturated heterocycles. The second kappa shape index (κ2) is 6.19. The fraction of sp³-hybridized carbons (Fsp3) is 0.250. The molecule has 2 aromatic carbocycles. The van der Waals surface area contributed by atoms with Crippen molar-refractivity contribution in [1.82, 2.24) is 5.06 Å². The van der Waals surface area contributed by atoms with Gasteiger partial charge in [-0.2, -0.15) is 0 Å². The van der Waals surface area contributed by atoms with Crippen LogP contribution < -0.4 is 4.74 Å². The normalized spacial score (nSPS) is 16.9. The third-order valence-electron chi connectivity index (χ3n) is 4.99. The van der Waals surface area contributed by atoms with Crippen LogP contribution in [0.2, 0.25) is 0 Å². The number of hydrogen-bond acceptors (Lipinski definition) is 5. The van der Waals surface area contributed by atoms with Crippen molar-refractivity contribution in [3.8, 4) is 5.75 Å². The van der Waals surface area contributed by atoms with Crippen LogP contribution in [-0.2, 0) is 16.1 Å². The Bertz CT molecular complexity index is 932. The molecule has 0 unspecified atom stereocenters. The maximum Gasteiger partial charge on any atom is 0.339 e. The van der Waals surface area contributed by atoms with Gasteiger partial charge in [-0.3, -0.25) is 9.59 Å². The largest absolute Gasteiger partial charge is 0.496 e. The molecule has 1 fully saturated rings. The zero-order valence-electron chi connectivity index (χ0n) is 14.5. The molecule has 0 aromatic heterocycles. The lowest BCUT2D eigenvalue weighted by molar-refractivity contribution is -0.175. The van der Waals surface area contributed by atoms with E-state index in [4.69, 9.17) is 9.57 Å². The van der Waals surface area contributed by atoms with Crippen LogP contribution in [0.15, 0.2) is 42.5 Å². The van der Waals surface area contributed by atoms with Crippen LogP contribution in [0.5, 0.6) is 5.75 Å². The molecule has 0 atom stereocenters. The minimum atomic E-state index is -0.892. The molecule has 1 aliphatic heterocycles. The summed E-state index contributed by atoms with van der Waals surface area (Å²) in [5.41, 5.74) is 0.0457. The van der Waals surface area contributed by atoms with Gasteiger partial charge in [0, 0.05) is 0 Å². The maximum absolute atomic E-state index is 13.6. The van der Waals surface area contributed by atoms with Crippen LogP contribution in [0.3, 0.4) is 0 Å². The Morgan fingerprint density at radius 3 is 2.30 bits per heavy atom. The van der Waals surface area contributed by atoms with Crippen molar-refractivity contribution in [2.24, 2.45) is 5.41 Å². The molecule has 6 nitrogen and oxygen atoms in total. The number of imide groups is 1. The summed E-state index contributed by atoms with van der Waals surface area (Å²) in [5.74, 6) is -1.97. The van der Waals surface area contributed by atoms with Crippen molar-refractivity contribution in [2.45, 2.75) is 19.3 Å². The van der Waals surface area contributed by atoms with E-state index in [1.54, 1.807) is 12.1 Å². The predicted octanol–water partition coefficient (Wildman–Crippen LogP) is 2.91. The molecule has 4 rings (SSSR count). The van der Waals surface area contributed by atoms with E-state index >= 15 is 0 Å². The Hall–Kier alpha value is -3.22. The number of methoxy groups -OCH3 is 1. The SMILES string of the molecule is COc1ccc(F)cc1CC1(C(=O)ON2C(=O)c3ccccc3C2=O)CC1. The van der Waals surface area contributed by atoms with Gasteiger partial charge in [0.25, 0.3) is 11.8 Å². The topological polar surface area (TPSA) is 72.9 Å². The fourth-order valence-electron chi connectivity index (χ4n) is 3.28. The smallest absolute Gasteiger partial charge is 0.339 e. The maximum atomic E-state index is 13.6. The minimum absolute atomic E-state index is 0.201. The molecular formula is C20H16FNO5. The lowest BCUT2D eigenvalue weighted by Crippen LogP contribution is -2.36. The zero-order valence-corrected chi connectivity index (χ0v) is 14.5. The highest BCUT2D eigenvalue weighted by atomic mass is 19.1. The van der Waals surface area contributed by atoms with E-state index in [1.165, 1.54) is 37.4 Å². The van der Waals surface area contributed by atoms with Crippen LogP contribution in [-0.4, -0.2) is 30.0 Å². The average molecular weight is 369 g/mol. The summed E-state index contributed by atoms with van der Waals surface area (Å²) in [7, 11) is 1.47. The summed E-state index contributed by atoms with van der Waals surface area (Å²) in [6.45, 7) is 0. The van der Waals surface area contributed by atoms with Crippen molar-refractivity contribution in [1.29, 1.82) is 0 Å². The molecule has 0 N–H and O–H groups in total. The summed E-state index contributed by atoms with van der Waals surface area (Å²) in [6, 6.07) is 10.4. The molecule has 1 aliphatic carbocycles. The fourth-order valence-corrected chi connectivity index (χ4v) is 3.28. The number of amides is 2. The number of nitrogens with zero attached hydrogens (tertiary/aromatic N) is 1. The Labute approximate surface area is 154 Å². The monoisotopic (exact) mass is 369 g/mol. The summed E-state index contributed by atoms with van der Waals surface area (Å²) in [4.78, 5) is 42.6. The molecule has 2 aromatic rings. The molecular weight excluding hydrogens is 353 g/mol. The van der Waals surface area contributed by atoms with Gasteiger partial charge in [0.1, 0.15) is 11.6 Å². The molecule has 0 bridgehead atoms. The highest BCUT2D eigenvalue weighted by Crippen LogP contribution is 2.51. The standard InChI is InChI=1S/C20H16FNO5/c1-26-16-7-6-13(21)10-12(16)11-20(8-9-20)19(25)27-22-17(23)14-4-2-3-5-15(14)18(22)24/h2-7,10H,8-9,11H2,1H3. The summed E-state index contributed by atoms with van der Waals surface area (Å²) in [6.07, 6.45) is 1.25. The van der Waals surface area contributed by atoms with Gasteiger partial charge in [-0.15, -0.1) is 0 Å². The van der Waals surface area contributed by atoms with Gasteiger partial charge in [0.2, 0.25) is 0 Å². The quantitative estimate of drug-likeness (QED) is 0.758. The van der Waals surface area contributed by atoms with E-state index in [2.05, 4.69) is 0 Å². The third-order valence-corrected chi connectivity index (χ3v) is 4.99. The van der Waals surface area contributed by atoms with Crippen molar-refractivity contribution >= 4 is 17.8 Å². The number of ether oxygens (including phenoxy) is 1. The molecule has 2 amide bonds. The lowest BCUT2D eigenvalue weighted by atomic mass is 9.96. The number of benzene rings is 2. The number of hydrogen-bond donors (Lipinski definition) is 0. The van der Waals surface area contributed by atoms with Crippen LogP contribution in [0.1, 0.15) is 39.1 Å². The average Bonchev–Trinajstić information content (AvgIpc) is 3.41. The van der Waals surface area contributed by atoms with E-state index < -0.39 is 29.0 Å². The Morgan fingerprint density at radius 1 is 1.11 bits per heavy atom. The van der Waals surface area contributed by atoms with Crippen molar-refractivity contribution in [3.63, 3.8) is 0 Å².